The van der Waals surface area contributed by atoms with Crippen LogP contribution in [0, 0.1) is 0 Å². The van der Waals surface area contributed by atoms with Gasteiger partial charge < -0.3 is 0 Å². The lowest BCUT2D eigenvalue weighted by molar-refractivity contribution is 0.104. The minimum atomic E-state index is -0.244. The number of hydrogen-bond acceptors (Lipinski definition) is 3. The van der Waals surface area contributed by atoms with E-state index in [1.165, 1.54) is 17.4 Å². The Morgan fingerprint density at radius 2 is 1.70 bits per heavy atom. The first-order chi connectivity index (χ1) is 9.49. The Morgan fingerprint density at radius 3 is 2.40 bits per heavy atom. The molecule has 0 aliphatic carbocycles. The number of fused-ring (bicyclic) bond motifs is 1. The second-order valence-corrected chi connectivity index (χ2v) is 7.53. The van der Waals surface area contributed by atoms with Crippen LogP contribution in [0.1, 0.15) is 15.2 Å². The highest BCUT2D eigenvalue weighted by Gasteiger charge is 2.22. The molecule has 0 bridgehead atoms. The van der Waals surface area contributed by atoms with Crippen LogP contribution in [0.2, 0.25) is 20.1 Å². The zero-order valence-electron chi connectivity index (χ0n) is 9.55. The zero-order valence-corrected chi connectivity index (χ0v) is 14.2. The minimum Gasteiger partial charge on any atom is -0.288 e. The molecule has 0 saturated carbocycles. The molecule has 2 aromatic heterocycles. The van der Waals surface area contributed by atoms with E-state index in [4.69, 9.17) is 46.4 Å². The van der Waals surface area contributed by atoms with Crippen LogP contribution in [0.4, 0.5) is 0 Å². The summed E-state index contributed by atoms with van der Waals surface area (Å²) in [5, 5.41) is 2.64. The van der Waals surface area contributed by atoms with Gasteiger partial charge in [0.1, 0.15) is 0 Å². The van der Waals surface area contributed by atoms with Gasteiger partial charge in [-0.25, -0.2) is 0 Å². The lowest BCUT2D eigenvalue weighted by Gasteiger charge is -2.08. The Labute approximate surface area is 142 Å². The summed E-state index contributed by atoms with van der Waals surface area (Å²) in [6.07, 6.45) is 0. The van der Waals surface area contributed by atoms with Crippen LogP contribution in [0.5, 0.6) is 0 Å². The quantitative estimate of drug-likeness (QED) is 0.270. The maximum atomic E-state index is 12.6. The Hall–Kier alpha value is -0.290. The van der Waals surface area contributed by atoms with Gasteiger partial charge in [0.15, 0.2) is 0 Å². The summed E-state index contributed by atoms with van der Waals surface area (Å²) >= 11 is 27.0. The van der Waals surface area contributed by atoms with E-state index in [1.54, 1.807) is 11.3 Å². The largest absolute Gasteiger partial charge is 0.288 e. The fourth-order valence-electron chi connectivity index (χ4n) is 1.78. The first-order valence-corrected chi connectivity index (χ1v) is 8.54. The predicted octanol–water partition coefficient (Wildman–Crippen LogP) is 6.81. The molecule has 0 unspecified atom stereocenters. The molecule has 0 atom stereocenters. The van der Waals surface area contributed by atoms with Gasteiger partial charge in [-0.2, -0.15) is 0 Å². The van der Waals surface area contributed by atoms with Crippen molar-refractivity contribution in [3.8, 4) is 0 Å². The Morgan fingerprint density at radius 1 is 0.950 bits per heavy atom. The highest BCUT2D eigenvalue weighted by atomic mass is 35.5. The molecule has 0 aliphatic rings. The molecule has 0 fully saturated rings. The summed E-state index contributed by atoms with van der Waals surface area (Å²) in [4.78, 5) is 13.1. The Balaban J connectivity index is 2.15. The molecule has 0 aliphatic heterocycles. The highest BCUT2D eigenvalue weighted by molar-refractivity contribution is 7.28. The average Bonchev–Trinajstić information content (AvgIpc) is 2.96. The van der Waals surface area contributed by atoms with Gasteiger partial charge in [-0.3, -0.25) is 4.79 Å². The summed E-state index contributed by atoms with van der Waals surface area (Å²) < 4.78 is 2.12. The van der Waals surface area contributed by atoms with Crippen molar-refractivity contribution in [2.75, 3.05) is 0 Å². The second kappa shape index (κ2) is 5.48. The molecule has 2 heterocycles. The van der Waals surface area contributed by atoms with E-state index < -0.39 is 0 Å². The van der Waals surface area contributed by atoms with Crippen LogP contribution in [0.3, 0.4) is 0 Å². The molecule has 7 heteroatoms. The SMILES string of the molecule is O=C(c1cc2sccc2s1)c1c(Cl)cc(Cl)c(Cl)c1Cl. The van der Waals surface area contributed by atoms with E-state index in [-0.39, 0.29) is 31.4 Å². The number of carbonyl (C=O) groups excluding carboxylic acids is 1. The van der Waals surface area contributed by atoms with Crippen LogP contribution in [-0.2, 0) is 0 Å². The normalized spacial score (nSPS) is 11.2. The molecular weight excluding hydrogens is 378 g/mol. The molecule has 3 aromatic rings. The first kappa shape index (κ1) is 14.6. The summed E-state index contributed by atoms with van der Waals surface area (Å²) in [5.74, 6) is -0.244. The van der Waals surface area contributed by atoms with Crippen molar-refractivity contribution >= 4 is 84.3 Å². The van der Waals surface area contributed by atoms with Crippen molar-refractivity contribution < 1.29 is 4.79 Å². The summed E-state index contributed by atoms with van der Waals surface area (Å²) in [7, 11) is 0. The highest BCUT2D eigenvalue weighted by Crippen LogP contribution is 2.40. The van der Waals surface area contributed by atoms with Crippen molar-refractivity contribution in [2.45, 2.75) is 0 Å². The molecule has 1 nitrogen and oxygen atoms in total. The predicted molar refractivity (Wildman–Crippen MR) is 89.6 cm³/mol. The summed E-state index contributed by atoms with van der Waals surface area (Å²) in [6.45, 7) is 0. The van der Waals surface area contributed by atoms with Crippen LogP contribution < -0.4 is 0 Å². The Kier molecular flexibility index (Phi) is 4.01. The monoisotopic (exact) mass is 380 g/mol. The molecule has 0 spiro atoms. The summed E-state index contributed by atoms with van der Waals surface area (Å²) in [5.41, 5.74) is 0.191. The van der Waals surface area contributed by atoms with Crippen LogP contribution in [-0.4, -0.2) is 5.78 Å². The minimum absolute atomic E-state index is 0.0888. The number of benzene rings is 1. The van der Waals surface area contributed by atoms with Crippen molar-refractivity contribution in [1.29, 1.82) is 0 Å². The molecule has 0 radical (unpaired) electrons. The van der Waals surface area contributed by atoms with Crippen LogP contribution >= 0.6 is 69.1 Å². The number of ketones is 1. The lowest BCUT2D eigenvalue weighted by atomic mass is 10.1. The number of halogens is 4. The van der Waals surface area contributed by atoms with Gasteiger partial charge in [-0.15, -0.1) is 22.7 Å². The Bertz CT molecular complexity index is 806. The van der Waals surface area contributed by atoms with E-state index in [0.717, 1.165) is 9.40 Å². The third-order valence-electron chi connectivity index (χ3n) is 2.70. The molecule has 3 rings (SSSR count). The third kappa shape index (κ3) is 2.37. The maximum absolute atomic E-state index is 12.6. The van der Waals surface area contributed by atoms with E-state index in [2.05, 4.69) is 0 Å². The fourth-order valence-corrected chi connectivity index (χ4v) is 4.91. The van der Waals surface area contributed by atoms with Gasteiger partial charge in [-0.05, 0) is 23.6 Å². The van der Waals surface area contributed by atoms with E-state index in [0.29, 0.717) is 4.88 Å². The van der Waals surface area contributed by atoms with E-state index in [9.17, 15) is 4.79 Å². The van der Waals surface area contributed by atoms with Gasteiger partial charge >= 0.3 is 0 Å². The van der Waals surface area contributed by atoms with Gasteiger partial charge in [0.05, 0.1) is 30.5 Å². The first-order valence-electron chi connectivity index (χ1n) is 5.33. The number of hydrogen-bond donors (Lipinski definition) is 0. The van der Waals surface area contributed by atoms with Crippen molar-refractivity contribution in [3.05, 3.63) is 54.1 Å². The lowest BCUT2D eigenvalue weighted by Crippen LogP contribution is -2.01. The molecule has 102 valence electrons. The number of carbonyl (C=O) groups is 1. The van der Waals surface area contributed by atoms with Gasteiger partial charge in [0.25, 0.3) is 0 Å². The van der Waals surface area contributed by atoms with E-state index in [1.807, 2.05) is 17.5 Å². The fraction of sp³-hybridized carbons (Fsp3) is 0. The molecule has 1 aromatic carbocycles. The van der Waals surface area contributed by atoms with Crippen molar-refractivity contribution in [2.24, 2.45) is 0 Å². The summed E-state index contributed by atoms with van der Waals surface area (Å²) in [6, 6.07) is 5.24. The molecular formula is C13H4Cl4OS2. The molecule has 0 amide bonds. The number of rotatable bonds is 2. The number of thiophene rings is 2. The second-order valence-electron chi connectivity index (χ2n) is 3.93. The topological polar surface area (TPSA) is 17.1 Å². The standard InChI is InChI=1S/C13H4Cl4OS2/c14-5-3-6(15)11(16)12(17)10(5)13(18)9-4-8-7(20-9)1-2-19-8/h1-4H. The molecule has 20 heavy (non-hydrogen) atoms. The van der Waals surface area contributed by atoms with Crippen LogP contribution in [0.15, 0.2) is 23.6 Å². The van der Waals surface area contributed by atoms with Crippen molar-refractivity contribution in [3.63, 3.8) is 0 Å². The third-order valence-corrected chi connectivity index (χ3v) is 6.36. The smallest absolute Gasteiger partial charge is 0.206 e. The zero-order chi connectivity index (χ0) is 14.4. The van der Waals surface area contributed by atoms with Gasteiger partial charge in [0, 0.05) is 9.40 Å². The van der Waals surface area contributed by atoms with Crippen LogP contribution in [0.25, 0.3) is 9.40 Å². The van der Waals surface area contributed by atoms with Gasteiger partial charge in [0.2, 0.25) is 5.78 Å². The maximum Gasteiger partial charge on any atom is 0.206 e. The average molecular weight is 382 g/mol. The van der Waals surface area contributed by atoms with Gasteiger partial charge in [-0.1, -0.05) is 46.4 Å². The molecule has 0 saturated heterocycles. The van der Waals surface area contributed by atoms with Crippen molar-refractivity contribution in [1.82, 2.24) is 0 Å². The van der Waals surface area contributed by atoms with E-state index >= 15 is 0 Å². The molecule has 0 N–H and O–H groups in total.